The summed E-state index contributed by atoms with van der Waals surface area (Å²) in [6, 6.07) is 14.9. The topological polar surface area (TPSA) is 115 Å². The van der Waals surface area contributed by atoms with Crippen LogP contribution in [0.1, 0.15) is 5.56 Å². The predicted octanol–water partition coefficient (Wildman–Crippen LogP) is 2.12. The van der Waals surface area contributed by atoms with E-state index in [1.165, 1.54) is 19.2 Å². The third-order valence-corrected chi connectivity index (χ3v) is 4.45. The largest absolute Gasteiger partial charge is 0.482 e. The van der Waals surface area contributed by atoms with E-state index in [2.05, 4.69) is 5.32 Å². The van der Waals surface area contributed by atoms with Crippen LogP contribution in [-0.2, 0) is 19.1 Å². The molecular weight excluding hydrogens is 416 g/mol. The van der Waals surface area contributed by atoms with Crippen molar-refractivity contribution in [1.29, 1.82) is 0 Å². The third kappa shape index (κ3) is 6.43. The van der Waals surface area contributed by atoms with Crippen molar-refractivity contribution in [2.45, 2.75) is 6.92 Å². The zero-order chi connectivity index (χ0) is 23.1. The molecular formula is C23H22N2O7. The molecule has 0 saturated heterocycles. The molecule has 3 rings (SSSR count). The van der Waals surface area contributed by atoms with E-state index in [1.54, 1.807) is 30.3 Å². The maximum absolute atomic E-state index is 12.1. The van der Waals surface area contributed by atoms with E-state index < -0.39 is 30.7 Å². The maximum Gasteiger partial charge on any atom is 0.344 e. The molecule has 0 saturated carbocycles. The van der Waals surface area contributed by atoms with Crippen LogP contribution in [0.4, 0.5) is 5.69 Å². The van der Waals surface area contributed by atoms with Gasteiger partial charge in [0.1, 0.15) is 11.3 Å². The minimum atomic E-state index is -0.759. The van der Waals surface area contributed by atoms with Crippen LogP contribution in [0, 0.1) is 6.92 Å². The van der Waals surface area contributed by atoms with Gasteiger partial charge in [-0.2, -0.15) is 0 Å². The number of hydrogen-bond acceptors (Lipinski definition) is 7. The minimum absolute atomic E-state index is 0.191. The normalized spacial score (nSPS) is 10.4. The predicted molar refractivity (Wildman–Crippen MR) is 116 cm³/mol. The number of rotatable bonds is 8. The van der Waals surface area contributed by atoms with Crippen molar-refractivity contribution in [1.82, 2.24) is 4.90 Å². The van der Waals surface area contributed by atoms with Gasteiger partial charge < -0.3 is 24.1 Å². The monoisotopic (exact) mass is 438 g/mol. The molecule has 3 aromatic rings. The first kappa shape index (κ1) is 22.5. The fourth-order valence-electron chi connectivity index (χ4n) is 2.71. The number of carbonyl (C=O) groups is 3. The van der Waals surface area contributed by atoms with E-state index in [-0.39, 0.29) is 12.5 Å². The Bertz CT molecular complexity index is 1180. The van der Waals surface area contributed by atoms with E-state index in [1.807, 2.05) is 19.1 Å². The summed E-state index contributed by atoms with van der Waals surface area (Å²) in [5.41, 5.74) is 1.51. The Hall–Kier alpha value is -4.14. The number of nitrogens with one attached hydrogen (secondary N) is 1. The Morgan fingerprint density at radius 1 is 1.00 bits per heavy atom. The molecule has 0 aliphatic carbocycles. The van der Waals surface area contributed by atoms with Gasteiger partial charge in [-0.15, -0.1) is 0 Å². The molecule has 2 amide bonds. The number of nitrogens with zero attached hydrogens (tertiary/aromatic N) is 1. The maximum atomic E-state index is 12.1. The first-order valence-electron chi connectivity index (χ1n) is 9.73. The van der Waals surface area contributed by atoms with Gasteiger partial charge in [-0.3, -0.25) is 9.59 Å². The third-order valence-electron chi connectivity index (χ3n) is 4.45. The number of aryl methyl sites for hydroxylation is 1. The number of esters is 1. The first-order valence-corrected chi connectivity index (χ1v) is 9.73. The van der Waals surface area contributed by atoms with Crippen LogP contribution in [0.3, 0.4) is 0 Å². The highest BCUT2D eigenvalue weighted by molar-refractivity contribution is 5.94. The zero-order valence-electron chi connectivity index (χ0n) is 17.6. The lowest BCUT2D eigenvalue weighted by Crippen LogP contribution is -2.37. The van der Waals surface area contributed by atoms with Crippen molar-refractivity contribution in [2.75, 3.05) is 32.1 Å². The number of anilines is 1. The molecule has 0 bridgehead atoms. The molecule has 0 atom stereocenters. The summed E-state index contributed by atoms with van der Waals surface area (Å²) in [5, 5.41) is 3.39. The average Bonchev–Trinajstić information content (AvgIpc) is 2.77. The van der Waals surface area contributed by atoms with Gasteiger partial charge in [-0.1, -0.05) is 17.7 Å². The average molecular weight is 438 g/mol. The van der Waals surface area contributed by atoms with Crippen molar-refractivity contribution in [3.8, 4) is 5.75 Å². The van der Waals surface area contributed by atoms with Crippen molar-refractivity contribution in [2.24, 2.45) is 0 Å². The first-order chi connectivity index (χ1) is 15.3. The molecule has 0 spiro atoms. The summed E-state index contributed by atoms with van der Waals surface area (Å²) in [5.74, 6) is -1.36. The lowest BCUT2D eigenvalue weighted by atomic mass is 10.2. The molecule has 1 N–H and O–H groups in total. The van der Waals surface area contributed by atoms with E-state index >= 15 is 0 Å². The number of hydrogen-bond donors (Lipinski definition) is 1. The Morgan fingerprint density at radius 2 is 1.72 bits per heavy atom. The summed E-state index contributed by atoms with van der Waals surface area (Å²) in [6.45, 7) is 0.783. The van der Waals surface area contributed by atoms with Crippen LogP contribution in [0.15, 0.2) is 63.8 Å². The fraction of sp³-hybridized carbons (Fsp3) is 0.217. The van der Waals surface area contributed by atoms with Gasteiger partial charge >= 0.3 is 11.6 Å². The highest BCUT2D eigenvalue weighted by Gasteiger charge is 2.16. The van der Waals surface area contributed by atoms with Gasteiger partial charge in [0.15, 0.2) is 13.2 Å². The van der Waals surface area contributed by atoms with Crippen molar-refractivity contribution >= 4 is 34.4 Å². The summed E-state index contributed by atoms with van der Waals surface area (Å²) in [4.78, 5) is 48.5. The quantitative estimate of drug-likeness (QED) is 0.423. The number of ether oxygens (including phenoxy) is 2. The molecule has 0 unspecified atom stereocenters. The van der Waals surface area contributed by atoms with Gasteiger partial charge in [0.05, 0.1) is 6.54 Å². The molecule has 166 valence electrons. The van der Waals surface area contributed by atoms with Gasteiger partial charge in [0, 0.05) is 30.3 Å². The van der Waals surface area contributed by atoms with Gasteiger partial charge in [-0.05, 0) is 37.3 Å². The molecule has 0 radical (unpaired) electrons. The lowest BCUT2D eigenvalue weighted by molar-refractivity contribution is -0.153. The van der Waals surface area contributed by atoms with Crippen LogP contribution in [0.2, 0.25) is 0 Å². The summed E-state index contributed by atoms with van der Waals surface area (Å²) in [7, 11) is 1.43. The van der Waals surface area contributed by atoms with Crippen LogP contribution in [0.25, 0.3) is 11.0 Å². The zero-order valence-corrected chi connectivity index (χ0v) is 17.6. The molecule has 0 fully saturated rings. The van der Waals surface area contributed by atoms with Crippen LogP contribution < -0.4 is 15.7 Å². The fourth-order valence-corrected chi connectivity index (χ4v) is 2.71. The second kappa shape index (κ2) is 10.3. The van der Waals surface area contributed by atoms with E-state index in [9.17, 15) is 19.2 Å². The lowest BCUT2D eigenvalue weighted by Gasteiger charge is -2.17. The molecule has 1 heterocycles. The second-order valence-corrected chi connectivity index (χ2v) is 7.07. The Morgan fingerprint density at radius 3 is 2.47 bits per heavy atom. The van der Waals surface area contributed by atoms with Gasteiger partial charge in [-0.25, -0.2) is 9.59 Å². The van der Waals surface area contributed by atoms with Crippen molar-refractivity contribution < 1.29 is 28.3 Å². The molecule has 1 aromatic heterocycles. The van der Waals surface area contributed by atoms with Crippen LogP contribution >= 0.6 is 0 Å². The molecule has 0 aliphatic rings. The summed E-state index contributed by atoms with van der Waals surface area (Å²) >= 11 is 0. The number of carbonyl (C=O) groups excluding carboxylic acids is 3. The molecule has 0 aliphatic heterocycles. The van der Waals surface area contributed by atoms with E-state index in [0.29, 0.717) is 22.4 Å². The van der Waals surface area contributed by atoms with Crippen molar-refractivity contribution in [3.63, 3.8) is 0 Å². The highest BCUT2D eigenvalue weighted by Crippen LogP contribution is 2.19. The Labute approximate surface area is 183 Å². The Kier molecular flexibility index (Phi) is 7.22. The molecule has 9 heteroatoms. The summed E-state index contributed by atoms with van der Waals surface area (Å²) in [6.07, 6.45) is 0. The number of fused-ring (bicyclic) bond motifs is 1. The smallest absolute Gasteiger partial charge is 0.344 e. The minimum Gasteiger partial charge on any atom is -0.482 e. The number of amides is 2. The van der Waals surface area contributed by atoms with Gasteiger partial charge in [0.25, 0.3) is 5.91 Å². The van der Waals surface area contributed by atoms with Crippen molar-refractivity contribution in [3.05, 3.63) is 70.6 Å². The SMILES string of the molecule is Cc1ccc(NC(=O)CN(C)C(=O)COC(=O)COc2ccc3ccc(=O)oc3c2)cc1. The number of benzene rings is 2. The summed E-state index contributed by atoms with van der Waals surface area (Å²) < 4.78 is 15.3. The molecule has 32 heavy (non-hydrogen) atoms. The van der Waals surface area contributed by atoms with Gasteiger partial charge in [0.2, 0.25) is 5.91 Å². The molecule has 2 aromatic carbocycles. The van der Waals surface area contributed by atoms with E-state index in [0.717, 1.165) is 10.5 Å². The number of likely N-dealkylation sites (N-methyl/N-ethyl adjacent to an activating group) is 1. The Balaban J connectivity index is 1.41. The van der Waals surface area contributed by atoms with Crippen LogP contribution in [-0.4, -0.2) is 49.5 Å². The van der Waals surface area contributed by atoms with E-state index in [4.69, 9.17) is 13.9 Å². The van der Waals surface area contributed by atoms with Crippen LogP contribution in [0.5, 0.6) is 5.75 Å². The second-order valence-electron chi connectivity index (χ2n) is 7.07. The highest BCUT2D eigenvalue weighted by atomic mass is 16.6. The standard InChI is InChI=1S/C23H22N2O7/c1-15-3-7-17(8-4-15)24-20(26)12-25(2)21(27)13-31-23(29)14-30-18-9-5-16-6-10-22(28)32-19(16)11-18/h3-11H,12-14H2,1-2H3,(H,24,26). The molecule has 9 nitrogen and oxygen atoms in total.